The number of allylic oxidation sites excluding steroid dienone is 1. The van der Waals surface area contributed by atoms with Crippen molar-refractivity contribution in [2.24, 2.45) is 11.8 Å². The fraction of sp³-hybridized carbons (Fsp3) is 0.700. The van der Waals surface area contributed by atoms with E-state index in [1.165, 1.54) is 18.4 Å². The van der Waals surface area contributed by atoms with Crippen LogP contribution in [0.25, 0.3) is 0 Å². The van der Waals surface area contributed by atoms with E-state index in [9.17, 15) is 4.79 Å². The molecule has 138 valence electrons. The maximum atomic E-state index is 12.5. The molecule has 1 N–H and O–H groups in total. The summed E-state index contributed by atoms with van der Waals surface area (Å²) in [6.07, 6.45) is 10.2. The molecule has 2 atom stereocenters. The van der Waals surface area contributed by atoms with E-state index in [1.54, 1.807) is 0 Å². The molecule has 0 aromatic carbocycles. The topological polar surface area (TPSA) is 50.2 Å². The van der Waals surface area contributed by atoms with Crippen molar-refractivity contribution in [3.63, 3.8) is 0 Å². The van der Waals surface area contributed by atoms with E-state index in [0.29, 0.717) is 18.4 Å². The molecule has 5 heteroatoms. The van der Waals surface area contributed by atoms with E-state index >= 15 is 0 Å². The second-order valence-electron chi connectivity index (χ2n) is 7.82. The summed E-state index contributed by atoms with van der Waals surface area (Å²) in [5, 5.41) is 3.33. The van der Waals surface area contributed by atoms with Gasteiger partial charge in [-0.3, -0.25) is 9.69 Å². The lowest BCUT2D eigenvalue weighted by atomic mass is 9.98. The molecule has 2 heterocycles. The highest BCUT2D eigenvalue weighted by molar-refractivity contribution is 5.76. The maximum absolute atomic E-state index is 12.5. The van der Waals surface area contributed by atoms with Gasteiger partial charge < -0.3 is 9.88 Å². The van der Waals surface area contributed by atoms with Crippen molar-refractivity contribution in [1.29, 1.82) is 0 Å². The van der Waals surface area contributed by atoms with Crippen molar-refractivity contribution < 1.29 is 4.79 Å². The maximum Gasteiger partial charge on any atom is 0.222 e. The summed E-state index contributed by atoms with van der Waals surface area (Å²) in [5.74, 6) is 2.68. The quantitative estimate of drug-likeness (QED) is 0.738. The van der Waals surface area contributed by atoms with Crippen LogP contribution in [0, 0.1) is 11.8 Å². The molecule has 0 unspecified atom stereocenters. The largest absolute Gasteiger partial charge is 0.352 e. The highest BCUT2D eigenvalue weighted by atomic mass is 16.1. The van der Waals surface area contributed by atoms with Gasteiger partial charge in [-0.05, 0) is 38.5 Å². The number of likely N-dealkylation sites (tertiary alicyclic amines) is 1. The van der Waals surface area contributed by atoms with Crippen LogP contribution in [0.5, 0.6) is 0 Å². The number of rotatable bonds is 8. The minimum Gasteiger partial charge on any atom is -0.352 e. The van der Waals surface area contributed by atoms with Gasteiger partial charge in [0.15, 0.2) is 0 Å². The van der Waals surface area contributed by atoms with Crippen LogP contribution < -0.4 is 5.32 Å². The Labute approximate surface area is 151 Å². The molecule has 5 nitrogen and oxygen atoms in total. The van der Waals surface area contributed by atoms with Crippen LogP contribution in [0.4, 0.5) is 0 Å². The van der Waals surface area contributed by atoms with Crippen molar-refractivity contribution in [2.75, 3.05) is 19.6 Å². The summed E-state index contributed by atoms with van der Waals surface area (Å²) in [5.41, 5.74) is 1.36. The standard InChI is InChI=1S/C20H32N4O/c1-4-19-21-9-12-24(19)11-8-20(25)22-18-14-23(10-7-15(2)3)13-17(18)16-5-6-16/h7,9,12,16-18H,4-6,8,10-11,13-14H2,1-3H3,(H,22,25)/t17-,18+/m1/s1. The normalized spacial score (nSPS) is 23.6. The average Bonchev–Trinajstić information content (AvgIpc) is 3.18. The molecule has 1 amide bonds. The number of aryl methyl sites for hydroxylation is 2. The second-order valence-corrected chi connectivity index (χ2v) is 7.82. The number of aromatic nitrogens is 2. The molecule has 0 radical (unpaired) electrons. The van der Waals surface area contributed by atoms with E-state index < -0.39 is 0 Å². The van der Waals surface area contributed by atoms with E-state index in [4.69, 9.17) is 0 Å². The zero-order chi connectivity index (χ0) is 17.8. The van der Waals surface area contributed by atoms with Crippen LogP contribution in [0.3, 0.4) is 0 Å². The summed E-state index contributed by atoms with van der Waals surface area (Å²) < 4.78 is 2.09. The Balaban J connectivity index is 1.51. The van der Waals surface area contributed by atoms with E-state index in [-0.39, 0.29) is 5.91 Å². The number of carbonyl (C=O) groups excluding carboxylic acids is 1. The third-order valence-corrected chi connectivity index (χ3v) is 5.47. The van der Waals surface area contributed by atoms with Gasteiger partial charge in [-0.1, -0.05) is 18.6 Å². The highest BCUT2D eigenvalue weighted by Crippen LogP contribution is 2.41. The summed E-state index contributed by atoms with van der Waals surface area (Å²) >= 11 is 0. The first-order chi connectivity index (χ1) is 12.1. The number of hydrogen-bond donors (Lipinski definition) is 1. The number of nitrogens with zero attached hydrogens (tertiary/aromatic N) is 3. The molecule has 1 aromatic heterocycles. The van der Waals surface area contributed by atoms with Gasteiger partial charge in [0.05, 0.1) is 0 Å². The molecule has 0 spiro atoms. The van der Waals surface area contributed by atoms with Crippen LogP contribution in [-0.2, 0) is 17.8 Å². The van der Waals surface area contributed by atoms with Crippen LogP contribution in [-0.4, -0.2) is 46.0 Å². The molecule has 1 aliphatic heterocycles. The first-order valence-corrected chi connectivity index (χ1v) is 9.72. The smallest absolute Gasteiger partial charge is 0.222 e. The fourth-order valence-electron chi connectivity index (χ4n) is 3.89. The summed E-state index contributed by atoms with van der Waals surface area (Å²) in [6, 6.07) is 0.319. The van der Waals surface area contributed by atoms with E-state index in [2.05, 4.69) is 46.6 Å². The third-order valence-electron chi connectivity index (χ3n) is 5.47. The SMILES string of the molecule is CCc1nccn1CCC(=O)N[C@H]1CN(CC=C(C)C)C[C@@H]1C1CC1. The van der Waals surface area contributed by atoms with Gasteiger partial charge >= 0.3 is 0 Å². The van der Waals surface area contributed by atoms with Gasteiger partial charge in [0, 0.05) is 57.5 Å². The van der Waals surface area contributed by atoms with Gasteiger partial charge in [-0.2, -0.15) is 0 Å². The van der Waals surface area contributed by atoms with Gasteiger partial charge in [0.2, 0.25) is 5.91 Å². The van der Waals surface area contributed by atoms with Crippen LogP contribution in [0.2, 0.25) is 0 Å². The molecule has 2 fully saturated rings. The molecule has 25 heavy (non-hydrogen) atoms. The van der Waals surface area contributed by atoms with Gasteiger partial charge in [0.25, 0.3) is 0 Å². The third kappa shape index (κ3) is 4.94. The summed E-state index contributed by atoms with van der Waals surface area (Å²) in [6.45, 7) is 10.2. The van der Waals surface area contributed by atoms with Crippen LogP contribution in [0.1, 0.15) is 45.9 Å². The van der Waals surface area contributed by atoms with E-state index in [0.717, 1.165) is 44.3 Å². The molecule has 0 bridgehead atoms. The molecule has 1 saturated heterocycles. The van der Waals surface area contributed by atoms with Crippen LogP contribution >= 0.6 is 0 Å². The number of carbonyl (C=O) groups is 1. The minimum atomic E-state index is 0.176. The molecular weight excluding hydrogens is 312 g/mol. The lowest BCUT2D eigenvalue weighted by Crippen LogP contribution is -2.41. The molecule has 1 aromatic rings. The number of amides is 1. The lowest BCUT2D eigenvalue weighted by molar-refractivity contribution is -0.122. The Morgan fingerprint density at radius 1 is 1.36 bits per heavy atom. The van der Waals surface area contributed by atoms with Gasteiger partial charge in [0.1, 0.15) is 5.82 Å². The number of hydrogen-bond acceptors (Lipinski definition) is 3. The monoisotopic (exact) mass is 344 g/mol. The Kier molecular flexibility index (Phi) is 5.94. The van der Waals surface area contributed by atoms with Crippen molar-refractivity contribution in [3.8, 4) is 0 Å². The van der Waals surface area contributed by atoms with Crippen molar-refractivity contribution in [1.82, 2.24) is 19.8 Å². The zero-order valence-electron chi connectivity index (χ0n) is 15.9. The average molecular weight is 345 g/mol. The van der Waals surface area contributed by atoms with Gasteiger partial charge in [-0.25, -0.2) is 4.98 Å². The zero-order valence-corrected chi connectivity index (χ0v) is 15.9. The number of imidazole rings is 1. The molecule has 3 rings (SSSR count). The first-order valence-electron chi connectivity index (χ1n) is 9.72. The molecule has 2 aliphatic rings. The van der Waals surface area contributed by atoms with Crippen molar-refractivity contribution in [3.05, 3.63) is 29.9 Å². The highest BCUT2D eigenvalue weighted by Gasteiger charge is 2.42. The minimum absolute atomic E-state index is 0.176. The number of nitrogens with one attached hydrogen (secondary N) is 1. The molecule has 1 saturated carbocycles. The molecule has 1 aliphatic carbocycles. The van der Waals surface area contributed by atoms with Crippen molar-refractivity contribution in [2.45, 2.75) is 59.0 Å². The summed E-state index contributed by atoms with van der Waals surface area (Å²) in [4.78, 5) is 19.3. The Bertz CT molecular complexity index is 613. The van der Waals surface area contributed by atoms with E-state index in [1.807, 2.05) is 12.4 Å². The predicted octanol–water partition coefficient (Wildman–Crippen LogP) is 2.63. The predicted molar refractivity (Wildman–Crippen MR) is 100 cm³/mol. The Hall–Kier alpha value is -1.62. The first kappa shape index (κ1) is 18.2. The van der Waals surface area contributed by atoms with Crippen LogP contribution in [0.15, 0.2) is 24.0 Å². The Morgan fingerprint density at radius 2 is 2.16 bits per heavy atom. The molecular formula is C20H32N4O. The Morgan fingerprint density at radius 3 is 2.84 bits per heavy atom. The fourth-order valence-corrected chi connectivity index (χ4v) is 3.89. The van der Waals surface area contributed by atoms with Gasteiger partial charge in [-0.15, -0.1) is 0 Å². The van der Waals surface area contributed by atoms with Crippen molar-refractivity contribution >= 4 is 5.91 Å². The lowest BCUT2D eigenvalue weighted by Gasteiger charge is -2.19. The summed E-state index contributed by atoms with van der Waals surface area (Å²) in [7, 11) is 0. The second kappa shape index (κ2) is 8.17.